The summed E-state index contributed by atoms with van der Waals surface area (Å²) in [5, 5.41) is 3.46. The number of hydrogen-bond acceptors (Lipinski definition) is 5. The zero-order valence-electron chi connectivity index (χ0n) is 18.2. The molecule has 0 radical (unpaired) electrons. The number of nitrogens with zero attached hydrogens (tertiary/aromatic N) is 1. The summed E-state index contributed by atoms with van der Waals surface area (Å²) in [6, 6.07) is 14.0. The molecular formula is C25H26N2O4. The fourth-order valence-corrected chi connectivity index (χ4v) is 4.56. The Morgan fingerprint density at radius 2 is 1.81 bits per heavy atom. The Bertz CT molecular complexity index is 1120. The second kappa shape index (κ2) is 7.69. The highest BCUT2D eigenvalue weighted by Crippen LogP contribution is 2.48. The van der Waals surface area contributed by atoms with E-state index in [2.05, 4.69) is 19.2 Å². The molecule has 1 aliphatic carbocycles. The number of allylic oxidation sites excluding steroid dienone is 1. The van der Waals surface area contributed by atoms with Gasteiger partial charge in [-0.05, 0) is 41.7 Å². The molecule has 2 aliphatic rings. The molecule has 0 fully saturated rings. The van der Waals surface area contributed by atoms with Gasteiger partial charge in [-0.15, -0.1) is 0 Å². The molecule has 4 rings (SSSR count). The lowest BCUT2D eigenvalue weighted by atomic mass is 9.73. The maximum Gasteiger partial charge on any atom is 0.308 e. The van der Waals surface area contributed by atoms with E-state index in [1.54, 1.807) is 23.1 Å². The van der Waals surface area contributed by atoms with E-state index in [9.17, 15) is 14.4 Å². The molecule has 2 aromatic rings. The Morgan fingerprint density at radius 3 is 2.52 bits per heavy atom. The molecule has 1 heterocycles. The van der Waals surface area contributed by atoms with Crippen molar-refractivity contribution < 1.29 is 19.1 Å². The number of amides is 1. The Kier molecular flexibility index (Phi) is 5.17. The van der Waals surface area contributed by atoms with Crippen LogP contribution in [0.4, 0.5) is 11.4 Å². The first-order chi connectivity index (χ1) is 14.7. The summed E-state index contributed by atoms with van der Waals surface area (Å²) >= 11 is 0. The van der Waals surface area contributed by atoms with Crippen molar-refractivity contribution in [3.63, 3.8) is 0 Å². The number of ketones is 1. The molecule has 6 heteroatoms. The van der Waals surface area contributed by atoms with Gasteiger partial charge in [0.1, 0.15) is 5.75 Å². The number of rotatable bonds is 2. The standard InChI is InChI=1S/C25H26N2O4/c1-15(28)27-21-11-6-5-10-19(21)26-20-13-25(3,4)14-22(30)23(20)24(27)17-8-7-9-18(12-17)31-16(2)29/h5-12,24,26H,13-14H2,1-4H3/t24-/m1/s1. The van der Waals surface area contributed by atoms with Gasteiger partial charge >= 0.3 is 5.97 Å². The van der Waals surface area contributed by atoms with Crippen LogP contribution >= 0.6 is 0 Å². The number of hydrogen-bond donors (Lipinski definition) is 1. The highest BCUT2D eigenvalue weighted by atomic mass is 16.5. The molecule has 1 amide bonds. The molecule has 1 N–H and O–H groups in total. The van der Waals surface area contributed by atoms with Crippen molar-refractivity contribution >= 4 is 29.0 Å². The predicted molar refractivity (Wildman–Crippen MR) is 119 cm³/mol. The third kappa shape index (κ3) is 3.98. The molecular weight excluding hydrogens is 392 g/mol. The van der Waals surface area contributed by atoms with Gasteiger partial charge < -0.3 is 10.1 Å². The number of carbonyl (C=O) groups is 3. The van der Waals surface area contributed by atoms with E-state index < -0.39 is 12.0 Å². The van der Waals surface area contributed by atoms with E-state index in [1.807, 2.05) is 30.3 Å². The third-order valence-electron chi connectivity index (χ3n) is 5.68. The highest BCUT2D eigenvalue weighted by Gasteiger charge is 2.42. The van der Waals surface area contributed by atoms with Crippen LogP contribution < -0.4 is 15.0 Å². The van der Waals surface area contributed by atoms with E-state index in [4.69, 9.17) is 4.74 Å². The van der Waals surface area contributed by atoms with Crippen LogP contribution in [-0.2, 0) is 14.4 Å². The Hall–Kier alpha value is -3.41. The van der Waals surface area contributed by atoms with Crippen molar-refractivity contribution in [2.45, 2.75) is 46.6 Å². The van der Waals surface area contributed by atoms with Gasteiger partial charge in [-0.2, -0.15) is 0 Å². The zero-order valence-corrected chi connectivity index (χ0v) is 18.2. The van der Waals surface area contributed by atoms with Crippen LogP contribution in [0.3, 0.4) is 0 Å². The number of anilines is 2. The predicted octanol–water partition coefficient (Wildman–Crippen LogP) is 4.77. The monoisotopic (exact) mass is 418 g/mol. The molecule has 0 spiro atoms. The van der Waals surface area contributed by atoms with Gasteiger partial charge in [-0.25, -0.2) is 0 Å². The van der Waals surface area contributed by atoms with Crippen LogP contribution in [0, 0.1) is 5.41 Å². The quantitative estimate of drug-likeness (QED) is 0.561. The van der Waals surface area contributed by atoms with Crippen LogP contribution in [0.2, 0.25) is 0 Å². The highest BCUT2D eigenvalue weighted by molar-refractivity contribution is 6.05. The van der Waals surface area contributed by atoms with Gasteiger partial charge in [-0.1, -0.05) is 38.1 Å². The summed E-state index contributed by atoms with van der Waals surface area (Å²) < 4.78 is 5.28. The Morgan fingerprint density at radius 1 is 1.06 bits per heavy atom. The summed E-state index contributed by atoms with van der Waals surface area (Å²) in [7, 11) is 0. The maximum absolute atomic E-state index is 13.4. The fourth-order valence-electron chi connectivity index (χ4n) is 4.56. The summed E-state index contributed by atoms with van der Waals surface area (Å²) in [5.41, 5.74) is 3.44. The molecule has 0 saturated heterocycles. The van der Waals surface area contributed by atoms with Crippen LogP contribution in [0.5, 0.6) is 5.75 Å². The molecule has 160 valence electrons. The normalized spacial score (nSPS) is 19.7. The molecule has 0 aromatic heterocycles. The Labute approximate surface area is 181 Å². The first kappa shape index (κ1) is 20.8. The van der Waals surface area contributed by atoms with Gasteiger partial charge in [0, 0.05) is 31.5 Å². The number of benzene rings is 2. The lowest BCUT2D eigenvalue weighted by molar-refractivity contribution is -0.132. The van der Waals surface area contributed by atoms with E-state index in [0.29, 0.717) is 35.4 Å². The first-order valence-corrected chi connectivity index (χ1v) is 10.4. The second-order valence-corrected chi connectivity index (χ2v) is 8.93. The van der Waals surface area contributed by atoms with Crippen LogP contribution in [0.15, 0.2) is 59.8 Å². The van der Waals surface area contributed by atoms with Crippen LogP contribution in [0.25, 0.3) is 0 Å². The number of fused-ring (bicyclic) bond motifs is 1. The van der Waals surface area contributed by atoms with E-state index in [0.717, 1.165) is 11.4 Å². The number of para-hydroxylation sites is 2. The molecule has 2 aromatic carbocycles. The van der Waals surface area contributed by atoms with Gasteiger partial charge in [0.25, 0.3) is 0 Å². The molecule has 1 aliphatic heterocycles. The maximum atomic E-state index is 13.4. The number of nitrogens with one attached hydrogen (secondary N) is 1. The summed E-state index contributed by atoms with van der Waals surface area (Å²) in [4.78, 5) is 39.5. The fraction of sp³-hybridized carbons (Fsp3) is 0.320. The van der Waals surface area contributed by atoms with Crippen molar-refractivity contribution in [3.8, 4) is 5.75 Å². The number of carbonyl (C=O) groups excluding carboxylic acids is 3. The Balaban J connectivity index is 1.97. The van der Waals surface area contributed by atoms with Gasteiger partial charge in [0.15, 0.2) is 5.78 Å². The van der Waals surface area contributed by atoms with Crippen molar-refractivity contribution in [3.05, 3.63) is 65.4 Å². The average Bonchev–Trinajstić information content (AvgIpc) is 2.80. The molecule has 0 saturated carbocycles. The van der Waals surface area contributed by atoms with Crippen LogP contribution in [-0.4, -0.2) is 17.7 Å². The largest absolute Gasteiger partial charge is 0.427 e. The molecule has 0 unspecified atom stereocenters. The minimum atomic E-state index is -0.622. The van der Waals surface area contributed by atoms with Gasteiger partial charge in [-0.3, -0.25) is 19.3 Å². The molecule has 31 heavy (non-hydrogen) atoms. The van der Waals surface area contributed by atoms with Crippen LogP contribution in [0.1, 0.15) is 52.1 Å². The van der Waals surface area contributed by atoms with Crippen molar-refractivity contribution in [2.24, 2.45) is 5.41 Å². The first-order valence-electron chi connectivity index (χ1n) is 10.4. The number of esters is 1. The topological polar surface area (TPSA) is 75.7 Å². The van der Waals surface area contributed by atoms with E-state index in [1.165, 1.54) is 13.8 Å². The van der Waals surface area contributed by atoms with Crippen molar-refractivity contribution in [1.82, 2.24) is 0 Å². The van der Waals surface area contributed by atoms with E-state index >= 15 is 0 Å². The second-order valence-electron chi connectivity index (χ2n) is 8.93. The van der Waals surface area contributed by atoms with Gasteiger partial charge in [0.2, 0.25) is 5.91 Å². The lowest BCUT2D eigenvalue weighted by Gasteiger charge is -2.36. The summed E-state index contributed by atoms with van der Waals surface area (Å²) in [5.74, 6) is -0.210. The molecule has 0 bridgehead atoms. The average molecular weight is 418 g/mol. The van der Waals surface area contributed by atoms with Crippen molar-refractivity contribution in [1.29, 1.82) is 0 Å². The number of ether oxygens (including phenoxy) is 1. The summed E-state index contributed by atoms with van der Waals surface area (Å²) in [6.45, 7) is 6.99. The molecule has 1 atom stereocenters. The minimum absolute atomic E-state index is 0.0145. The smallest absolute Gasteiger partial charge is 0.308 e. The number of Topliss-reactive ketones (excluding diaryl/α,β-unsaturated/α-hetero) is 1. The zero-order chi connectivity index (χ0) is 22.3. The molecule has 6 nitrogen and oxygen atoms in total. The lowest BCUT2D eigenvalue weighted by Crippen LogP contribution is -2.38. The third-order valence-corrected chi connectivity index (χ3v) is 5.68. The van der Waals surface area contributed by atoms with Gasteiger partial charge in [0.05, 0.1) is 17.4 Å². The summed E-state index contributed by atoms with van der Waals surface area (Å²) in [6.07, 6.45) is 1.09. The van der Waals surface area contributed by atoms with E-state index in [-0.39, 0.29) is 17.1 Å². The minimum Gasteiger partial charge on any atom is -0.427 e. The van der Waals surface area contributed by atoms with Crippen molar-refractivity contribution in [2.75, 3.05) is 10.2 Å². The SMILES string of the molecule is CC(=O)Oc1cccc([C@@H]2C3=C(CC(C)(C)CC3=O)Nc3ccccc3N2C(C)=O)c1.